The lowest BCUT2D eigenvalue weighted by atomic mass is 10.1. The highest BCUT2D eigenvalue weighted by Gasteiger charge is 2.40. The zero-order valence-corrected chi connectivity index (χ0v) is 21.0. The number of amides is 3. The molecular weight excluding hydrogens is 505 g/mol. The number of benzene rings is 2. The van der Waals surface area contributed by atoms with E-state index in [1.54, 1.807) is 36.6 Å². The third-order valence-electron chi connectivity index (χ3n) is 5.87. The van der Waals surface area contributed by atoms with Gasteiger partial charge in [-0.15, -0.1) is 11.3 Å². The maximum Gasteiger partial charge on any atom is 0.262 e. The second kappa shape index (κ2) is 10.6. The molecule has 36 heavy (non-hydrogen) atoms. The molecule has 2 aromatic carbocycles. The molecule has 3 aromatic rings. The van der Waals surface area contributed by atoms with E-state index >= 15 is 0 Å². The topological polar surface area (TPSA) is 104 Å². The molecule has 1 atom stereocenters. The molecule has 1 aromatic heterocycles. The van der Waals surface area contributed by atoms with Gasteiger partial charge in [-0.05, 0) is 42.6 Å². The van der Waals surface area contributed by atoms with Gasteiger partial charge in [-0.3, -0.25) is 14.4 Å². The van der Waals surface area contributed by atoms with Crippen molar-refractivity contribution >= 4 is 38.9 Å². The van der Waals surface area contributed by atoms with Gasteiger partial charge in [-0.25, -0.2) is 12.8 Å². The lowest BCUT2D eigenvalue weighted by Crippen LogP contribution is -2.57. The fraction of sp³-hybridized carbons (Fsp3) is 0.240. The van der Waals surface area contributed by atoms with E-state index in [1.165, 1.54) is 46.2 Å². The number of nitrogens with one attached hydrogen (secondary N) is 1. The van der Waals surface area contributed by atoms with Crippen molar-refractivity contribution in [2.24, 2.45) is 0 Å². The minimum atomic E-state index is -4.28. The van der Waals surface area contributed by atoms with E-state index in [0.717, 1.165) is 16.9 Å². The molecule has 1 N–H and O–H groups in total. The van der Waals surface area contributed by atoms with Gasteiger partial charge in [-0.2, -0.15) is 0 Å². The number of hydrogen-bond acceptors (Lipinski definition) is 6. The Morgan fingerprint density at radius 2 is 1.56 bits per heavy atom. The van der Waals surface area contributed by atoms with Crippen molar-refractivity contribution in [3.05, 3.63) is 87.9 Å². The molecule has 0 radical (unpaired) electrons. The van der Waals surface area contributed by atoms with Crippen LogP contribution in [0, 0.1) is 12.7 Å². The summed E-state index contributed by atoms with van der Waals surface area (Å²) in [5.74, 6) is -2.61. The maximum atomic E-state index is 14.0. The normalized spacial score (nSPS) is 14.8. The first-order valence-corrected chi connectivity index (χ1v) is 13.6. The summed E-state index contributed by atoms with van der Waals surface area (Å²) < 4.78 is 41.0. The van der Waals surface area contributed by atoms with Gasteiger partial charge in [0.05, 0.1) is 15.3 Å². The molecule has 0 unspecified atom stereocenters. The number of nitrogens with zero attached hydrogens (tertiary/aromatic N) is 2. The van der Waals surface area contributed by atoms with Gasteiger partial charge < -0.3 is 15.1 Å². The number of sulfone groups is 1. The first-order chi connectivity index (χ1) is 17.2. The average molecular weight is 530 g/mol. The quantitative estimate of drug-likeness (QED) is 0.529. The summed E-state index contributed by atoms with van der Waals surface area (Å²) in [5.41, 5.74) is 0.774. The van der Waals surface area contributed by atoms with E-state index in [-0.39, 0.29) is 41.5 Å². The summed E-state index contributed by atoms with van der Waals surface area (Å²) in [6.45, 7) is 2.06. The smallest absolute Gasteiger partial charge is 0.262 e. The molecule has 11 heteroatoms. The zero-order valence-electron chi connectivity index (χ0n) is 19.4. The van der Waals surface area contributed by atoms with Crippen LogP contribution in [0.25, 0.3) is 0 Å². The average Bonchev–Trinajstić information content (AvgIpc) is 3.42. The van der Waals surface area contributed by atoms with E-state index in [2.05, 4.69) is 5.32 Å². The molecule has 1 saturated heterocycles. The van der Waals surface area contributed by atoms with Crippen LogP contribution in [-0.2, 0) is 14.6 Å². The SMILES string of the molecule is Cc1ccc(S(=O)(=O)[C@H](NC(=O)c2cccs2)C(=O)N2CCN(C(=O)c3ccccc3F)CC2)cc1. The number of thiophene rings is 1. The molecule has 188 valence electrons. The van der Waals surface area contributed by atoms with Gasteiger partial charge in [0, 0.05) is 26.2 Å². The van der Waals surface area contributed by atoms with Crippen molar-refractivity contribution < 1.29 is 27.2 Å². The summed E-state index contributed by atoms with van der Waals surface area (Å²) in [7, 11) is -4.28. The molecule has 0 saturated carbocycles. The highest BCUT2D eigenvalue weighted by atomic mass is 32.2. The Kier molecular flexibility index (Phi) is 7.51. The van der Waals surface area contributed by atoms with Crippen molar-refractivity contribution in [2.45, 2.75) is 17.2 Å². The minimum Gasteiger partial charge on any atom is -0.336 e. The van der Waals surface area contributed by atoms with Crippen LogP contribution in [0.5, 0.6) is 0 Å². The monoisotopic (exact) mass is 529 g/mol. The Morgan fingerprint density at radius 1 is 0.917 bits per heavy atom. The van der Waals surface area contributed by atoms with Crippen molar-refractivity contribution in [3.8, 4) is 0 Å². The molecule has 0 spiro atoms. The fourth-order valence-corrected chi connectivity index (χ4v) is 5.93. The maximum absolute atomic E-state index is 14.0. The van der Waals surface area contributed by atoms with Gasteiger partial charge in [0.25, 0.3) is 17.7 Å². The Bertz CT molecular complexity index is 1370. The van der Waals surface area contributed by atoms with Crippen LogP contribution in [-0.4, -0.2) is 67.5 Å². The van der Waals surface area contributed by atoms with Gasteiger partial charge in [0.15, 0.2) is 0 Å². The summed E-state index contributed by atoms with van der Waals surface area (Å²) in [6, 6.07) is 14.8. The molecule has 0 bridgehead atoms. The van der Waals surface area contributed by atoms with E-state index < -0.39 is 38.7 Å². The standard InChI is InChI=1S/C25H24FN3O5S2/c1-17-8-10-18(11-9-17)36(33,34)23(27-22(30)21-7-4-16-35-21)25(32)29-14-12-28(13-15-29)24(31)19-5-2-3-6-20(19)26/h2-11,16,23H,12-15H2,1H3,(H,27,30)/t23-/m0/s1. The first kappa shape index (κ1) is 25.5. The third-order valence-corrected chi connectivity index (χ3v) is 8.61. The van der Waals surface area contributed by atoms with Crippen LogP contribution in [0.3, 0.4) is 0 Å². The second-order valence-corrected chi connectivity index (χ2v) is 11.3. The number of carbonyl (C=O) groups is 3. The second-order valence-electron chi connectivity index (χ2n) is 8.29. The molecule has 1 fully saturated rings. The number of piperazine rings is 1. The van der Waals surface area contributed by atoms with Crippen LogP contribution in [0.2, 0.25) is 0 Å². The fourth-order valence-electron chi connectivity index (χ4n) is 3.83. The molecule has 1 aliphatic heterocycles. The number of halogens is 1. The predicted octanol–water partition coefficient (Wildman–Crippen LogP) is 2.71. The number of aryl methyl sites for hydroxylation is 1. The van der Waals surface area contributed by atoms with Gasteiger partial charge in [0.2, 0.25) is 15.2 Å². The molecule has 8 nitrogen and oxygen atoms in total. The van der Waals surface area contributed by atoms with Crippen molar-refractivity contribution in [1.29, 1.82) is 0 Å². The lowest BCUT2D eigenvalue weighted by Gasteiger charge is -2.36. The van der Waals surface area contributed by atoms with Gasteiger partial charge in [0.1, 0.15) is 5.82 Å². The molecular formula is C25H24FN3O5S2. The Hall–Kier alpha value is -3.57. The van der Waals surface area contributed by atoms with Crippen molar-refractivity contribution in [3.63, 3.8) is 0 Å². The molecule has 0 aliphatic carbocycles. The van der Waals surface area contributed by atoms with E-state index in [1.807, 2.05) is 0 Å². The van der Waals surface area contributed by atoms with Crippen LogP contribution in [0.1, 0.15) is 25.6 Å². The summed E-state index contributed by atoms with van der Waals surface area (Å²) in [4.78, 5) is 41.8. The van der Waals surface area contributed by atoms with Crippen molar-refractivity contribution in [2.75, 3.05) is 26.2 Å². The summed E-state index contributed by atoms with van der Waals surface area (Å²) in [5, 5.41) is 2.23. The Morgan fingerprint density at radius 3 is 2.17 bits per heavy atom. The van der Waals surface area contributed by atoms with Gasteiger partial charge in [-0.1, -0.05) is 35.9 Å². The molecule has 1 aliphatic rings. The minimum absolute atomic E-state index is 0.0355. The van der Waals surface area contributed by atoms with Crippen LogP contribution in [0.4, 0.5) is 4.39 Å². The number of hydrogen-bond donors (Lipinski definition) is 1. The van der Waals surface area contributed by atoms with Crippen LogP contribution < -0.4 is 5.32 Å². The zero-order chi connectivity index (χ0) is 25.9. The van der Waals surface area contributed by atoms with E-state index in [0.29, 0.717) is 0 Å². The van der Waals surface area contributed by atoms with Crippen LogP contribution in [0.15, 0.2) is 70.9 Å². The summed E-state index contributed by atoms with van der Waals surface area (Å²) >= 11 is 1.12. The van der Waals surface area contributed by atoms with E-state index in [4.69, 9.17) is 0 Å². The highest BCUT2D eigenvalue weighted by molar-refractivity contribution is 7.92. The summed E-state index contributed by atoms with van der Waals surface area (Å²) in [6.07, 6.45) is 0. The Balaban J connectivity index is 1.54. The Labute approximate surface area is 212 Å². The van der Waals surface area contributed by atoms with Crippen molar-refractivity contribution in [1.82, 2.24) is 15.1 Å². The number of rotatable bonds is 6. The molecule has 4 rings (SSSR count). The third kappa shape index (κ3) is 5.31. The van der Waals surface area contributed by atoms with E-state index in [9.17, 15) is 27.2 Å². The highest BCUT2D eigenvalue weighted by Crippen LogP contribution is 2.20. The first-order valence-electron chi connectivity index (χ1n) is 11.2. The van der Waals surface area contributed by atoms with Gasteiger partial charge >= 0.3 is 0 Å². The molecule has 2 heterocycles. The predicted molar refractivity (Wildman–Crippen MR) is 133 cm³/mol. The van der Waals surface area contributed by atoms with Crippen LogP contribution >= 0.6 is 11.3 Å². The largest absolute Gasteiger partial charge is 0.336 e. The lowest BCUT2D eigenvalue weighted by molar-refractivity contribution is -0.132. The number of carbonyl (C=O) groups excluding carboxylic acids is 3. The molecule has 3 amide bonds.